The first kappa shape index (κ1) is 16.6. The number of aliphatic hydroxyl groups excluding tert-OH is 1. The summed E-state index contributed by atoms with van der Waals surface area (Å²) >= 11 is 0. The Morgan fingerprint density at radius 3 is 2.68 bits per heavy atom. The summed E-state index contributed by atoms with van der Waals surface area (Å²) in [4.78, 5) is 0. The van der Waals surface area contributed by atoms with Crippen LogP contribution >= 0.6 is 0 Å². The van der Waals surface area contributed by atoms with Gasteiger partial charge in [-0.2, -0.15) is 0 Å². The lowest BCUT2D eigenvalue weighted by atomic mass is 10.1. The van der Waals surface area contributed by atoms with E-state index in [4.69, 9.17) is 14.6 Å². The molecule has 1 N–H and O–H groups in total. The molecule has 3 heteroatoms. The number of unbranched alkanes of at least 4 members (excludes halogenated alkanes) is 2. The Hall–Kier alpha value is -1.74. The first-order valence-electron chi connectivity index (χ1n) is 8.14. The molecule has 0 saturated heterocycles. The quantitative estimate of drug-likeness (QED) is 0.543. The maximum absolute atomic E-state index is 9.15. The van der Waals surface area contributed by atoms with Crippen LogP contribution in [-0.2, 0) is 6.42 Å². The minimum absolute atomic E-state index is 0.167. The summed E-state index contributed by atoms with van der Waals surface area (Å²) in [7, 11) is 0. The lowest BCUT2D eigenvalue weighted by Crippen LogP contribution is -1.97. The van der Waals surface area contributed by atoms with Crippen LogP contribution in [0.15, 0.2) is 42.5 Å². The molecule has 1 aromatic rings. The van der Waals surface area contributed by atoms with Crippen LogP contribution in [-0.4, -0.2) is 18.0 Å². The average Bonchev–Trinajstić information content (AvgIpc) is 2.96. The fourth-order valence-electron chi connectivity index (χ4n) is 2.40. The maximum atomic E-state index is 9.15. The molecule has 1 unspecified atom stereocenters. The van der Waals surface area contributed by atoms with E-state index >= 15 is 0 Å². The standard InChI is InChI=1S/C19H26O3/c1-16(20)10-8-6-4-2-3-5-7-9-11-17-12-13-18-19(14-17)22-15-21-18/h2-3,5,7,12-14,16,20H,4,6,8-11,15H2,1H3. The lowest BCUT2D eigenvalue weighted by Gasteiger charge is -2.01. The van der Waals surface area contributed by atoms with E-state index < -0.39 is 0 Å². The molecule has 1 aliphatic heterocycles. The predicted molar refractivity (Wildman–Crippen MR) is 89.3 cm³/mol. The second-order valence-corrected chi connectivity index (χ2v) is 5.72. The molecule has 1 aromatic carbocycles. The van der Waals surface area contributed by atoms with Crippen LogP contribution in [0.25, 0.3) is 0 Å². The predicted octanol–water partition coefficient (Wildman–Crippen LogP) is 4.40. The SMILES string of the molecule is CC(O)CCCCC=CC=CCCc1ccc2c(c1)OCO2. The van der Waals surface area contributed by atoms with E-state index in [1.807, 2.05) is 13.0 Å². The highest BCUT2D eigenvalue weighted by Crippen LogP contribution is 2.32. The summed E-state index contributed by atoms with van der Waals surface area (Å²) in [6.45, 7) is 2.18. The fourth-order valence-corrected chi connectivity index (χ4v) is 2.40. The molecule has 0 radical (unpaired) electrons. The Kier molecular flexibility index (Phi) is 7.04. The Balaban J connectivity index is 1.58. The number of hydrogen-bond acceptors (Lipinski definition) is 3. The van der Waals surface area contributed by atoms with Gasteiger partial charge in [0.15, 0.2) is 11.5 Å². The summed E-state index contributed by atoms with van der Waals surface area (Å²) in [5.41, 5.74) is 1.27. The molecule has 2 rings (SSSR count). The molecule has 3 nitrogen and oxygen atoms in total. The van der Waals surface area contributed by atoms with Crippen LogP contribution in [0.3, 0.4) is 0 Å². The highest BCUT2D eigenvalue weighted by atomic mass is 16.7. The Bertz CT molecular complexity index is 503. The molecule has 1 aliphatic rings. The van der Waals surface area contributed by atoms with E-state index in [1.165, 1.54) is 5.56 Å². The topological polar surface area (TPSA) is 38.7 Å². The van der Waals surface area contributed by atoms with Gasteiger partial charge in [-0.1, -0.05) is 36.8 Å². The van der Waals surface area contributed by atoms with Crippen molar-refractivity contribution in [1.29, 1.82) is 0 Å². The van der Waals surface area contributed by atoms with E-state index in [1.54, 1.807) is 0 Å². The van der Waals surface area contributed by atoms with E-state index in [9.17, 15) is 0 Å². The van der Waals surface area contributed by atoms with Crippen LogP contribution in [0.2, 0.25) is 0 Å². The van der Waals surface area contributed by atoms with Crippen LogP contribution < -0.4 is 9.47 Å². The van der Waals surface area contributed by atoms with Gasteiger partial charge < -0.3 is 14.6 Å². The van der Waals surface area contributed by atoms with Crippen molar-refractivity contribution in [2.24, 2.45) is 0 Å². The zero-order valence-electron chi connectivity index (χ0n) is 13.3. The number of hydrogen-bond donors (Lipinski definition) is 1. The summed E-state index contributed by atoms with van der Waals surface area (Å²) in [6, 6.07) is 6.14. The molecule has 1 heterocycles. The smallest absolute Gasteiger partial charge is 0.231 e. The normalized spacial score (nSPS) is 15.0. The van der Waals surface area contributed by atoms with Crippen molar-refractivity contribution < 1.29 is 14.6 Å². The molecule has 1 atom stereocenters. The van der Waals surface area contributed by atoms with Crippen LogP contribution in [0.4, 0.5) is 0 Å². The van der Waals surface area contributed by atoms with Gasteiger partial charge in [-0.05, 0) is 56.7 Å². The van der Waals surface area contributed by atoms with E-state index in [2.05, 4.69) is 36.4 Å². The van der Waals surface area contributed by atoms with Crippen molar-refractivity contribution >= 4 is 0 Å². The van der Waals surface area contributed by atoms with Crippen molar-refractivity contribution in [3.63, 3.8) is 0 Å². The zero-order chi connectivity index (χ0) is 15.6. The van der Waals surface area contributed by atoms with Crippen molar-refractivity contribution in [2.45, 2.75) is 51.6 Å². The summed E-state index contributed by atoms with van der Waals surface area (Å²) in [5, 5.41) is 9.15. The minimum atomic E-state index is -0.167. The maximum Gasteiger partial charge on any atom is 0.231 e. The Morgan fingerprint density at radius 2 is 1.86 bits per heavy atom. The van der Waals surface area contributed by atoms with E-state index in [0.29, 0.717) is 6.79 Å². The summed E-state index contributed by atoms with van der Waals surface area (Å²) in [5.74, 6) is 1.70. The fraction of sp³-hybridized carbons (Fsp3) is 0.474. The van der Waals surface area contributed by atoms with Crippen LogP contribution in [0.5, 0.6) is 11.5 Å². The number of allylic oxidation sites excluding steroid dienone is 4. The molecule has 120 valence electrons. The zero-order valence-corrected chi connectivity index (χ0v) is 13.3. The van der Waals surface area contributed by atoms with Gasteiger partial charge in [0, 0.05) is 0 Å². The number of fused-ring (bicyclic) bond motifs is 1. The number of aliphatic hydroxyl groups is 1. The third-order valence-electron chi connectivity index (χ3n) is 3.66. The van der Waals surface area contributed by atoms with Gasteiger partial charge >= 0.3 is 0 Å². The minimum Gasteiger partial charge on any atom is -0.454 e. The van der Waals surface area contributed by atoms with Crippen LogP contribution in [0.1, 0.15) is 44.6 Å². The highest BCUT2D eigenvalue weighted by Gasteiger charge is 2.12. The lowest BCUT2D eigenvalue weighted by molar-refractivity contribution is 0.174. The van der Waals surface area contributed by atoms with E-state index in [0.717, 1.165) is 50.0 Å². The Morgan fingerprint density at radius 1 is 1.09 bits per heavy atom. The number of rotatable bonds is 9. The van der Waals surface area contributed by atoms with Gasteiger partial charge in [-0.3, -0.25) is 0 Å². The van der Waals surface area contributed by atoms with Gasteiger partial charge in [-0.25, -0.2) is 0 Å². The van der Waals surface area contributed by atoms with Gasteiger partial charge in [0.1, 0.15) is 0 Å². The van der Waals surface area contributed by atoms with Crippen molar-refractivity contribution in [3.05, 3.63) is 48.1 Å². The second kappa shape index (κ2) is 9.31. The molecule has 22 heavy (non-hydrogen) atoms. The third-order valence-corrected chi connectivity index (χ3v) is 3.66. The largest absolute Gasteiger partial charge is 0.454 e. The van der Waals surface area contributed by atoms with Gasteiger partial charge in [0.25, 0.3) is 0 Å². The molecule has 0 aliphatic carbocycles. The molecule has 0 spiro atoms. The van der Waals surface area contributed by atoms with Gasteiger partial charge in [-0.15, -0.1) is 0 Å². The third kappa shape index (κ3) is 5.94. The second-order valence-electron chi connectivity index (χ2n) is 5.72. The van der Waals surface area contributed by atoms with E-state index in [-0.39, 0.29) is 6.10 Å². The molecule has 0 aromatic heterocycles. The number of benzene rings is 1. The molecule has 0 amide bonds. The molecule has 0 bridgehead atoms. The summed E-state index contributed by atoms with van der Waals surface area (Å²) < 4.78 is 10.7. The van der Waals surface area contributed by atoms with Gasteiger partial charge in [0.05, 0.1) is 6.10 Å². The first-order chi connectivity index (χ1) is 10.8. The first-order valence-corrected chi connectivity index (χ1v) is 8.14. The summed E-state index contributed by atoms with van der Waals surface area (Å²) in [6.07, 6.45) is 14.7. The molecule has 0 fully saturated rings. The number of ether oxygens (including phenoxy) is 2. The van der Waals surface area contributed by atoms with Crippen molar-refractivity contribution in [2.75, 3.05) is 6.79 Å². The average molecular weight is 302 g/mol. The number of aryl methyl sites for hydroxylation is 1. The van der Waals surface area contributed by atoms with Crippen molar-refractivity contribution in [3.8, 4) is 11.5 Å². The monoisotopic (exact) mass is 302 g/mol. The van der Waals surface area contributed by atoms with Gasteiger partial charge in [0.2, 0.25) is 6.79 Å². The van der Waals surface area contributed by atoms with Crippen molar-refractivity contribution in [1.82, 2.24) is 0 Å². The molecular formula is C19H26O3. The van der Waals surface area contributed by atoms with Crippen LogP contribution in [0, 0.1) is 0 Å². The highest BCUT2D eigenvalue weighted by molar-refractivity contribution is 5.44. The molecular weight excluding hydrogens is 276 g/mol. The Labute approximate surface area is 133 Å². The molecule has 0 saturated carbocycles.